The molecule has 1 aromatic heterocycles. The van der Waals surface area contributed by atoms with Crippen LogP contribution in [0.5, 0.6) is 0 Å². The molecule has 2 heterocycles. The summed E-state index contributed by atoms with van der Waals surface area (Å²) in [4.78, 5) is 28.3. The molecule has 0 saturated carbocycles. The second-order valence-electron chi connectivity index (χ2n) is 8.87. The third kappa shape index (κ3) is 4.58. The van der Waals surface area contributed by atoms with Gasteiger partial charge < -0.3 is 9.47 Å². The number of carbonyl (C=O) groups excluding carboxylic acids is 1. The Morgan fingerprint density at radius 2 is 1.73 bits per heavy atom. The van der Waals surface area contributed by atoms with Crippen molar-refractivity contribution in [2.45, 2.75) is 24.2 Å². The highest BCUT2D eigenvalue weighted by atomic mass is 32.2. The fourth-order valence-corrected chi connectivity index (χ4v) is 5.38. The third-order valence-corrected chi connectivity index (χ3v) is 8.25. The van der Waals surface area contributed by atoms with Gasteiger partial charge in [-0.05, 0) is 48.9 Å². The average Bonchev–Trinajstić information content (AvgIpc) is 2.81. The lowest BCUT2D eigenvalue weighted by Crippen LogP contribution is -2.41. The van der Waals surface area contributed by atoms with Crippen molar-refractivity contribution in [1.82, 2.24) is 13.8 Å². The molecule has 1 fully saturated rings. The van der Waals surface area contributed by atoms with Crippen molar-refractivity contribution < 1.29 is 13.2 Å². The minimum absolute atomic E-state index is 0.0309. The molecule has 0 N–H and O–H groups in total. The van der Waals surface area contributed by atoms with Crippen molar-refractivity contribution in [2.75, 3.05) is 27.2 Å². The Kier molecular flexibility index (Phi) is 6.41. The van der Waals surface area contributed by atoms with E-state index < -0.39 is 15.5 Å². The minimum Gasteiger partial charge on any atom is -0.350 e. The molecule has 4 rings (SSSR count). The summed E-state index contributed by atoms with van der Waals surface area (Å²) in [6, 6.07) is 14.8. The molecule has 0 spiro atoms. The van der Waals surface area contributed by atoms with Gasteiger partial charge >= 0.3 is 0 Å². The molecule has 0 aliphatic carbocycles. The number of aryl methyl sites for hydroxylation is 1. The van der Waals surface area contributed by atoms with E-state index >= 15 is 0 Å². The van der Waals surface area contributed by atoms with Gasteiger partial charge in [0.15, 0.2) is 0 Å². The van der Waals surface area contributed by atoms with Crippen LogP contribution in [0.4, 0.5) is 0 Å². The first kappa shape index (κ1) is 23.2. The number of fused-ring (bicyclic) bond motifs is 1. The molecule has 3 aromatic rings. The van der Waals surface area contributed by atoms with Gasteiger partial charge in [0.1, 0.15) is 5.56 Å². The van der Waals surface area contributed by atoms with E-state index in [4.69, 9.17) is 0 Å². The molecule has 1 aliphatic heterocycles. The standard InChI is InChI=1S/C25H29N3O4S/c1-26(2)33(31,32)20-9-10-23-21(16-20)24(29)22(17-27(23)3)25(30)28-13-11-19(12-14-28)15-18-7-5-4-6-8-18/h4-10,16-17,19H,11-15H2,1-3H3. The van der Waals surface area contributed by atoms with Crippen LogP contribution in [0.15, 0.2) is 64.4 Å². The SMILES string of the molecule is CN(C)S(=O)(=O)c1ccc2c(c1)c(=O)c(C(=O)N1CCC(Cc3ccccc3)CC1)cn2C. The second-order valence-corrected chi connectivity index (χ2v) is 11.0. The van der Waals surface area contributed by atoms with Gasteiger partial charge in [0.2, 0.25) is 15.5 Å². The predicted octanol–water partition coefficient (Wildman–Crippen LogP) is 2.88. The summed E-state index contributed by atoms with van der Waals surface area (Å²) < 4.78 is 27.9. The molecule has 1 amide bonds. The fraction of sp³-hybridized carbons (Fsp3) is 0.360. The Morgan fingerprint density at radius 1 is 1.06 bits per heavy atom. The zero-order chi connectivity index (χ0) is 23.8. The van der Waals surface area contributed by atoms with E-state index in [1.807, 2.05) is 18.2 Å². The number of carbonyl (C=O) groups is 1. The predicted molar refractivity (Wildman–Crippen MR) is 129 cm³/mol. The number of piperidine rings is 1. The van der Waals surface area contributed by atoms with Crippen molar-refractivity contribution in [1.29, 1.82) is 0 Å². The average molecular weight is 468 g/mol. The number of hydrogen-bond acceptors (Lipinski definition) is 4. The van der Waals surface area contributed by atoms with Crippen LogP contribution in [0.3, 0.4) is 0 Å². The lowest BCUT2D eigenvalue weighted by Gasteiger charge is -2.32. The van der Waals surface area contributed by atoms with Gasteiger partial charge in [0.25, 0.3) is 5.91 Å². The smallest absolute Gasteiger partial charge is 0.259 e. The van der Waals surface area contributed by atoms with Gasteiger partial charge in [-0.3, -0.25) is 9.59 Å². The van der Waals surface area contributed by atoms with E-state index in [1.54, 1.807) is 28.8 Å². The van der Waals surface area contributed by atoms with Crippen LogP contribution in [0.25, 0.3) is 10.9 Å². The first-order valence-electron chi connectivity index (χ1n) is 11.1. The maximum atomic E-state index is 13.3. The summed E-state index contributed by atoms with van der Waals surface area (Å²) in [5.41, 5.74) is 1.52. The van der Waals surface area contributed by atoms with Crippen molar-refractivity contribution >= 4 is 26.8 Å². The number of pyridine rings is 1. The molecule has 0 atom stereocenters. The molecular formula is C25H29N3O4S. The summed E-state index contributed by atoms with van der Waals surface area (Å²) in [6.07, 6.45) is 4.33. The molecule has 1 aliphatic rings. The van der Waals surface area contributed by atoms with Crippen molar-refractivity contribution in [3.63, 3.8) is 0 Å². The first-order chi connectivity index (χ1) is 15.7. The number of benzene rings is 2. The molecule has 8 heteroatoms. The molecule has 0 radical (unpaired) electrons. The zero-order valence-electron chi connectivity index (χ0n) is 19.2. The van der Waals surface area contributed by atoms with Gasteiger partial charge in [-0.1, -0.05) is 30.3 Å². The largest absolute Gasteiger partial charge is 0.350 e. The number of amides is 1. The topological polar surface area (TPSA) is 79.7 Å². The van der Waals surface area contributed by atoms with Crippen molar-refractivity contribution in [2.24, 2.45) is 13.0 Å². The number of likely N-dealkylation sites (tertiary alicyclic amines) is 1. The van der Waals surface area contributed by atoms with Gasteiger partial charge in [-0.2, -0.15) is 0 Å². The molecule has 1 saturated heterocycles. The van der Waals surface area contributed by atoms with Crippen LogP contribution in [0.2, 0.25) is 0 Å². The summed E-state index contributed by atoms with van der Waals surface area (Å²) in [7, 11) is 0.948. The van der Waals surface area contributed by atoms with Gasteiger partial charge in [-0.25, -0.2) is 12.7 Å². The van der Waals surface area contributed by atoms with Gasteiger partial charge in [0.05, 0.1) is 10.4 Å². The monoisotopic (exact) mass is 467 g/mol. The molecule has 174 valence electrons. The van der Waals surface area contributed by atoms with Gasteiger partial charge in [0, 0.05) is 45.8 Å². The molecule has 2 aromatic carbocycles. The van der Waals surface area contributed by atoms with E-state index in [2.05, 4.69) is 12.1 Å². The lowest BCUT2D eigenvalue weighted by atomic mass is 9.90. The van der Waals surface area contributed by atoms with Crippen LogP contribution in [-0.4, -0.2) is 55.3 Å². The number of hydrogen-bond donors (Lipinski definition) is 0. The highest BCUT2D eigenvalue weighted by molar-refractivity contribution is 7.89. The highest BCUT2D eigenvalue weighted by Crippen LogP contribution is 2.24. The van der Waals surface area contributed by atoms with Gasteiger partial charge in [-0.15, -0.1) is 0 Å². The Morgan fingerprint density at radius 3 is 2.36 bits per heavy atom. The highest BCUT2D eigenvalue weighted by Gasteiger charge is 2.27. The van der Waals surface area contributed by atoms with E-state index in [-0.39, 0.29) is 21.8 Å². The molecule has 33 heavy (non-hydrogen) atoms. The third-order valence-electron chi connectivity index (χ3n) is 6.44. The maximum absolute atomic E-state index is 13.3. The quantitative estimate of drug-likeness (QED) is 0.578. The minimum atomic E-state index is -3.69. The van der Waals surface area contributed by atoms with Crippen LogP contribution >= 0.6 is 0 Å². The lowest BCUT2D eigenvalue weighted by molar-refractivity contribution is 0.0688. The number of nitrogens with zero attached hydrogens (tertiary/aromatic N) is 3. The summed E-state index contributed by atoms with van der Waals surface area (Å²) >= 11 is 0. The van der Waals surface area contributed by atoms with E-state index in [1.165, 1.54) is 31.8 Å². The van der Waals surface area contributed by atoms with E-state index in [0.29, 0.717) is 24.5 Å². The van der Waals surface area contributed by atoms with Crippen LogP contribution in [-0.2, 0) is 23.5 Å². The van der Waals surface area contributed by atoms with Crippen molar-refractivity contribution in [3.8, 4) is 0 Å². The Hall–Kier alpha value is -2.97. The number of sulfonamides is 1. The molecule has 0 unspecified atom stereocenters. The molecular weight excluding hydrogens is 438 g/mol. The summed E-state index contributed by atoms with van der Waals surface area (Å²) in [6.45, 7) is 1.21. The van der Waals surface area contributed by atoms with E-state index in [9.17, 15) is 18.0 Å². The maximum Gasteiger partial charge on any atom is 0.259 e. The summed E-state index contributed by atoms with van der Waals surface area (Å²) in [5, 5.41) is 0.227. The second kappa shape index (κ2) is 9.11. The molecule has 0 bridgehead atoms. The summed E-state index contributed by atoms with van der Waals surface area (Å²) in [5.74, 6) is 0.214. The zero-order valence-corrected chi connectivity index (χ0v) is 20.0. The first-order valence-corrected chi connectivity index (χ1v) is 12.5. The fourth-order valence-electron chi connectivity index (χ4n) is 4.45. The van der Waals surface area contributed by atoms with Crippen LogP contribution < -0.4 is 5.43 Å². The Bertz CT molecular complexity index is 1340. The Labute approximate surface area is 194 Å². The normalized spacial score (nSPS) is 15.3. The molecule has 7 nitrogen and oxygen atoms in total. The van der Waals surface area contributed by atoms with Crippen molar-refractivity contribution in [3.05, 3.63) is 76.1 Å². The number of aromatic nitrogens is 1. The Balaban J connectivity index is 1.58. The van der Waals surface area contributed by atoms with Crippen LogP contribution in [0.1, 0.15) is 28.8 Å². The van der Waals surface area contributed by atoms with Crippen LogP contribution in [0, 0.1) is 5.92 Å². The van der Waals surface area contributed by atoms with E-state index in [0.717, 1.165) is 23.6 Å². The number of rotatable bonds is 5.